The van der Waals surface area contributed by atoms with E-state index in [4.69, 9.17) is 0 Å². The number of para-hydroxylation sites is 1. The van der Waals surface area contributed by atoms with Crippen LogP contribution in [0.1, 0.15) is 11.1 Å². The van der Waals surface area contributed by atoms with Crippen molar-refractivity contribution in [1.29, 1.82) is 0 Å². The second-order valence-electron chi connectivity index (χ2n) is 3.33. The van der Waals surface area contributed by atoms with Gasteiger partial charge in [-0.3, -0.25) is 4.98 Å². The Morgan fingerprint density at radius 1 is 1.13 bits per heavy atom. The third kappa shape index (κ3) is 1.67. The van der Waals surface area contributed by atoms with Crippen molar-refractivity contribution in [2.45, 2.75) is 13.1 Å². The summed E-state index contributed by atoms with van der Waals surface area (Å²) in [5, 5.41) is 0.157. The van der Waals surface area contributed by atoms with Gasteiger partial charge in [-0.1, -0.05) is 18.2 Å². The molecule has 0 spiro atoms. The van der Waals surface area contributed by atoms with E-state index in [2.05, 4.69) is 4.98 Å². The summed E-state index contributed by atoms with van der Waals surface area (Å²) in [7, 11) is 0. The molecule has 1 heterocycles. The summed E-state index contributed by atoms with van der Waals surface area (Å²) >= 11 is 0. The van der Waals surface area contributed by atoms with Crippen molar-refractivity contribution in [3.63, 3.8) is 0 Å². The average Bonchev–Trinajstić information content (AvgIpc) is 2.15. The molecular formula is C11H8F3N. The quantitative estimate of drug-likeness (QED) is 0.649. The number of fused-ring (bicyclic) bond motifs is 1. The molecule has 0 aliphatic rings. The Kier molecular flexibility index (Phi) is 2.14. The topological polar surface area (TPSA) is 12.9 Å². The smallest absolute Gasteiger partial charge is 0.256 e. The van der Waals surface area contributed by atoms with E-state index in [1.807, 2.05) is 0 Å². The van der Waals surface area contributed by atoms with Crippen LogP contribution in [0.2, 0.25) is 0 Å². The van der Waals surface area contributed by atoms with Gasteiger partial charge in [0, 0.05) is 11.6 Å². The first-order valence-corrected chi connectivity index (χ1v) is 4.41. The molecule has 4 heteroatoms. The minimum absolute atomic E-state index is 0.154. The molecule has 0 amide bonds. The van der Waals surface area contributed by atoms with Crippen LogP contribution in [0.15, 0.2) is 30.5 Å². The molecule has 0 radical (unpaired) electrons. The number of pyridine rings is 1. The molecule has 2 rings (SSSR count). The van der Waals surface area contributed by atoms with Crippen LogP contribution in [0.3, 0.4) is 0 Å². The molecule has 0 bridgehead atoms. The summed E-state index contributed by atoms with van der Waals surface area (Å²) in [5.74, 6) is 0. The first-order chi connectivity index (χ1) is 7.00. The number of aryl methyl sites for hydroxylation is 1. The maximum Gasteiger partial charge on any atom is 0.417 e. The van der Waals surface area contributed by atoms with Crippen molar-refractivity contribution in [2.75, 3.05) is 0 Å². The standard InChI is InChI=1S/C11H8F3N/c1-7-6-15-9-5-3-2-4-8(9)10(7)11(12,13)14/h2-6H,1H3. The normalized spacial score (nSPS) is 12.0. The Hall–Kier alpha value is -1.58. The van der Waals surface area contributed by atoms with E-state index in [-0.39, 0.29) is 10.9 Å². The summed E-state index contributed by atoms with van der Waals surface area (Å²) in [4.78, 5) is 3.95. The highest BCUT2D eigenvalue weighted by Gasteiger charge is 2.34. The molecule has 1 aromatic heterocycles. The number of alkyl halides is 3. The SMILES string of the molecule is Cc1cnc2ccccc2c1C(F)(F)F. The van der Waals surface area contributed by atoms with Crippen molar-refractivity contribution >= 4 is 10.9 Å². The van der Waals surface area contributed by atoms with Gasteiger partial charge in [0.1, 0.15) is 0 Å². The van der Waals surface area contributed by atoms with Gasteiger partial charge in [-0.25, -0.2) is 0 Å². The van der Waals surface area contributed by atoms with Crippen LogP contribution in [0.4, 0.5) is 13.2 Å². The molecule has 0 atom stereocenters. The van der Waals surface area contributed by atoms with Crippen LogP contribution in [-0.4, -0.2) is 4.98 Å². The van der Waals surface area contributed by atoms with E-state index in [9.17, 15) is 13.2 Å². The molecule has 2 aromatic rings. The zero-order valence-corrected chi connectivity index (χ0v) is 7.97. The fourth-order valence-corrected chi connectivity index (χ4v) is 1.62. The Labute approximate surface area is 84.6 Å². The molecule has 78 valence electrons. The Bertz CT molecular complexity index is 503. The zero-order chi connectivity index (χ0) is 11.1. The number of aromatic nitrogens is 1. The van der Waals surface area contributed by atoms with Crippen LogP contribution in [0, 0.1) is 6.92 Å². The van der Waals surface area contributed by atoms with E-state index in [1.165, 1.54) is 19.2 Å². The van der Waals surface area contributed by atoms with Crippen molar-refractivity contribution in [1.82, 2.24) is 4.98 Å². The Morgan fingerprint density at radius 3 is 2.47 bits per heavy atom. The lowest BCUT2D eigenvalue weighted by Gasteiger charge is -2.12. The van der Waals surface area contributed by atoms with Gasteiger partial charge in [-0.05, 0) is 18.6 Å². The number of hydrogen-bond donors (Lipinski definition) is 0. The first-order valence-electron chi connectivity index (χ1n) is 4.41. The second-order valence-corrected chi connectivity index (χ2v) is 3.33. The predicted molar refractivity (Wildman–Crippen MR) is 51.5 cm³/mol. The molecule has 0 aliphatic carbocycles. The fraction of sp³-hybridized carbons (Fsp3) is 0.182. The molecular weight excluding hydrogens is 203 g/mol. The van der Waals surface area contributed by atoms with Crippen LogP contribution in [0.25, 0.3) is 10.9 Å². The van der Waals surface area contributed by atoms with E-state index < -0.39 is 11.7 Å². The molecule has 0 saturated carbocycles. The predicted octanol–water partition coefficient (Wildman–Crippen LogP) is 3.56. The monoisotopic (exact) mass is 211 g/mol. The summed E-state index contributed by atoms with van der Waals surface area (Å²) < 4.78 is 38.3. The maximum absolute atomic E-state index is 12.8. The fourth-order valence-electron chi connectivity index (χ4n) is 1.62. The van der Waals surface area contributed by atoms with Crippen molar-refractivity contribution in [2.24, 2.45) is 0 Å². The van der Waals surface area contributed by atoms with Gasteiger partial charge in [0.2, 0.25) is 0 Å². The van der Waals surface area contributed by atoms with Gasteiger partial charge < -0.3 is 0 Å². The zero-order valence-electron chi connectivity index (χ0n) is 7.97. The molecule has 1 aromatic carbocycles. The van der Waals surface area contributed by atoms with E-state index >= 15 is 0 Å². The maximum atomic E-state index is 12.8. The molecule has 0 unspecified atom stereocenters. The highest BCUT2D eigenvalue weighted by Crippen LogP contribution is 2.36. The second kappa shape index (κ2) is 3.22. The van der Waals surface area contributed by atoms with Crippen molar-refractivity contribution in [3.05, 3.63) is 41.6 Å². The van der Waals surface area contributed by atoms with Gasteiger partial charge in [-0.2, -0.15) is 13.2 Å². The number of benzene rings is 1. The van der Waals surface area contributed by atoms with Gasteiger partial charge in [-0.15, -0.1) is 0 Å². The van der Waals surface area contributed by atoms with Gasteiger partial charge in [0.25, 0.3) is 0 Å². The summed E-state index contributed by atoms with van der Waals surface area (Å²) in [5.41, 5.74) is -0.0651. The van der Waals surface area contributed by atoms with Crippen LogP contribution < -0.4 is 0 Å². The number of hydrogen-bond acceptors (Lipinski definition) is 1. The van der Waals surface area contributed by atoms with Crippen LogP contribution in [0.5, 0.6) is 0 Å². The largest absolute Gasteiger partial charge is 0.417 e. The summed E-state index contributed by atoms with van der Waals surface area (Å²) in [6, 6.07) is 6.27. The Balaban J connectivity index is 2.86. The number of rotatable bonds is 0. The van der Waals surface area contributed by atoms with Crippen LogP contribution >= 0.6 is 0 Å². The lowest BCUT2D eigenvalue weighted by Crippen LogP contribution is -2.08. The lowest BCUT2D eigenvalue weighted by molar-refractivity contribution is -0.136. The molecule has 0 fully saturated rings. The molecule has 15 heavy (non-hydrogen) atoms. The third-order valence-corrected chi connectivity index (χ3v) is 2.25. The van der Waals surface area contributed by atoms with E-state index in [0.717, 1.165) is 0 Å². The van der Waals surface area contributed by atoms with Crippen molar-refractivity contribution in [3.8, 4) is 0 Å². The summed E-state index contributed by atoms with van der Waals surface area (Å²) in [6.45, 7) is 1.42. The van der Waals surface area contributed by atoms with E-state index in [1.54, 1.807) is 18.2 Å². The van der Waals surface area contributed by atoms with Crippen molar-refractivity contribution < 1.29 is 13.2 Å². The molecule has 0 N–H and O–H groups in total. The summed E-state index contributed by atoms with van der Waals surface area (Å²) in [6.07, 6.45) is -3.07. The number of halogens is 3. The minimum atomic E-state index is -4.33. The van der Waals surface area contributed by atoms with Gasteiger partial charge in [0.05, 0.1) is 11.1 Å². The minimum Gasteiger partial charge on any atom is -0.256 e. The molecule has 0 saturated heterocycles. The van der Waals surface area contributed by atoms with Gasteiger partial charge in [0.15, 0.2) is 0 Å². The van der Waals surface area contributed by atoms with Crippen LogP contribution in [-0.2, 0) is 6.18 Å². The molecule has 0 aliphatic heterocycles. The molecule has 1 nitrogen and oxygen atoms in total. The van der Waals surface area contributed by atoms with Gasteiger partial charge >= 0.3 is 6.18 Å². The third-order valence-electron chi connectivity index (χ3n) is 2.25. The highest BCUT2D eigenvalue weighted by molar-refractivity contribution is 5.83. The average molecular weight is 211 g/mol. The van der Waals surface area contributed by atoms with E-state index in [0.29, 0.717) is 5.52 Å². The highest BCUT2D eigenvalue weighted by atomic mass is 19.4. The lowest BCUT2D eigenvalue weighted by atomic mass is 10.0. The first kappa shape index (κ1) is 9.96. The Morgan fingerprint density at radius 2 is 1.80 bits per heavy atom. The number of nitrogens with zero attached hydrogens (tertiary/aromatic N) is 1.